The predicted molar refractivity (Wildman–Crippen MR) is 67.8 cm³/mol. The van der Waals surface area contributed by atoms with Gasteiger partial charge in [0.25, 0.3) is 0 Å². The molecule has 0 aromatic heterocycles. The minimum absolute atomic E-state index is 0.0691. The van der Waals surface area contributed by atoms with E-state index in [4.69, 9.17) is 9.84 Å². The summed E-state index contributed by atoms with van der Waals surface area (Å²) in [6.07, 6.45) is 1.75. The van der Waals surface area contributed by atoms with Crippen molar-refractivity contribution in [2.24, 2.45) is 5.92 Å². The summed E-state index contributed by atoms with van der Waals surface area (Å²) in [4.78, 5) is 0. The molecule has 0 amide bonds. The molecule has 0 unspecified atom stereocenters. The number of rotatable bonds is 4. The van der Waals surface area contributed by atoms with Crippen molar-refractivity contribution < 1.29 is 14.6 Å². The van der Waals surface area contributed by atoms with Gasteiger partial charge in [0.15, 0.2) is 0 Å². The van der Waals surface area contributed by atoms with Gasteiger partial charge in [0.05, 0.1) is 19.3 Å². The van der Waals surface area contributed by atoms with E-state index in [0.717, 1.165) is 19.4 Å². The fraction of sp³-hybridized carbons (Fsp3) is 0.571. The summed E-state index contributed by atoms with van der Waals surface area (Å²) in [6, 6.07) is 10.2. The molecule has 2 rings (SSSR count). The van der Waals surface area contributed by atoms with Crippen LogP contribution >= 0.6 is 0 Å². The van der Waals surface area contributed by atoms with Crippen LogP contribution in [-0.4, -0.2) is 32.0 Å². The molecule has 1 saturated carbocycles. The zero-order valence-corrected chi connectivity index (χ0v) is 10.6. The van der Waals surface area contributed by atoms with E-state index in [0.29, 0.717) is 12.5 Å². The largest absolute Gasteiger partial charge is 0.393 e. The summed E-state index contributed by atoms with van der Waals surface area (Å²) < 4.78 is 9.81. The third-order valence-electron chi connectivity index (χ3n) is 2.68. The van der Waals surface area contributed by atoms with Crippen LogP contribution in [0.3, 0.4) is 0 Å². The van der Waals surface area contributed by atoms with Crippen molar-refractivity contribution >= 4 is 0 Å². The molecule has 3 heteroatoms. The number of hydrogen-bond acceptors (Lipinski definition) is 3. The Morgan fingerprint density at radius 2 is 1.76 bits per heavy atom. The summed E-state index contributed by atoms with van der Waals surface area (Å²) in [5.74, 6) is 0.578. The lowest BCUT2D eigenvalue weighted by atomic mass is 9.83. The van der Waals surface area contributed by atoms with Gasteiger partial charge >= 0.3 is 0 Å². The maximum absolute atomic E-state index is 9.08. The van der Waals surface area contributed by atoms with E-state index in [2.05, 4.69) is 16.9 Å². The smallest absolute Gasteiger partial charge is 0.0717 e. The molecule has 0 heterocycles. The molecule has 17 heavy (non-hydrogen) atoms. The molecule has 0 spiro atoms. The van der Waals surface area contributed by atoms with Crippen LogP contribution in [0, 0.1) is 5.92 Å². The Morgan fingerprint density at radius 1 is 1.18 bits per heavy atom. The van der Waals surface area contributed by atoms with Crippen LogP contribution < -0.4 is 0 Å². The Bertz CT molecular complexity index is 281. The quantitative estimate of drug-likeness (QED) is 0.874. The molecule has 1 N–H and O–H groups in total. The van der Waals surface area contributed by atoms with Crippen LogP contribution in [0.25, 0.3) is 0 Å². The third-order valence-corrected chi connectivity index (χ3v) is 2.68. The second-order valence-electron chi connectivity index (χ2n) is 4.40. The molecule has 1 aromatic rings. The van der Waals surface area contributed by atoms with E-state index in [9.17, 15) is 0 Å². The number of methoxy groups -OCH3 is 1. The minimum atomic E-state index is -0.0691. The Kier molecular flexibility index (Phi) is 6.86. The van der Waals surface area contributed by atoms with Gasteiger partial charge in [-0.25, -0.2) is 0 Å². The average molecular weight is 238 g/mol. The summed E-state index contributed by atoms with van der Waals surface area (Å²) >= 11 is 0. The molecule has 1 aliphatic rings. The normalized spacial score (nSPS) is 22.3. The number of hydrogen-bond donors (Lipinski definition) is 1. The van der Waals surface area contributed by atoms with Gasteiger partial charge in [-0.15, -0.1) is 0 Å². The second-order valence-corrected chi connectivity index (χ2v) is 4.40. The van der Waals surface area contributed by atoms with Crippen molar-refractivity contribution in [1.29, 1.82) is 0 Å². The molecule has 0 atom stereocenters. The van der Waals surface area contributed by atoms with E-state index in [1.807, 2.05) is 18.2 Å². The molecular weight excluding hydrogens is 216 g/mol. The van der Waals surface area contributed by atoms with Gasteiger partial charge in [0, 0.05) is 14.2 Å². The number of ether oxygens (including phenoxy) is 2. The van der Waals surface area contributed by atoms with Crippen LogP contribution in [0.15, 0.2) is 30.3 Å². The number of benzene rings is 1. The molecule has 0 aliphatic heterocycles. The highest BCUT2D eigenvalue weighted by Gasteiger charge is 2.26. The van der Waals surface area contributed by atoms with Crippen molar-refractivity contribution in [3.05, 3.63) is 35.9 Å². The van der Waals surface area contributed by atoms with E-state index in [-0.39, 0.29) is 6.10 Å². The number of aliphatic hydroxyl groups excluding tert-OH is 1. The molecule has 1 aliphatic carbocycles. The zero-order valence-electron chi connectivity index (χ0n) is 10.6. The predicted octanol–water partition coefficient (Wildman–Crippen LogP) is 2.24. The van der Waals surface area contributed by atoms with Gasteiger partial charge in [-0.05, 0) is 24.3 Å². The Balaban J connectivity index is 0.000000437. The maximum Gasteiger partial charge on any atom is 0.0717 e. The van der Waals surface area contributed by atoms with Crippen molar-refractivity contribution in [2.75, 3.05) is 20.8 Å². The fourth-order valence-electron chi connectivity index (χ4n) is 1.75. The molecule has 1 aromatic carbocycles. The van der Waals surface area contributed by atoms with Gasteiger partial charge in [-0.1, -0.05) is 30.3 Å². The van der Waals surface area contributed by atoms with E-state index >= 15 is 0 Å². The van der Waals surface area contributed by atoms with Gasteiger partial charge < -0.3 is 14.6 Å². The lowest BCUT2D eigenvalue weighted by Gasteiger charge is -2.30. The lowest BCUT2D eigenvalue weighted by molar-refractivity contribution is -0.0145. The first-order valence-corrected chi connectivity index (χ1v) is 5.96. The second kappa shape index (κ2) is 8.23. The van der Waals surface area contributed by atoms with Crippen molar-refractivity contribution in [1.82, 2.24) is 0 Å². The van der Waals surface area contributed by atoms with Crippen LogP contribution in [0.1, 0.15) is 18.4 Å². The summed E-state index contributed by atoms with van der Waals surface area (Å²) in [7, 11) is 3.25. The van der Waals surface area contributed by atoms with Crippen LogP contribution in [0.2, 0.25) is 0 Å². The average Bonchev–Trinajstić information content (AvgIpc) is 2.29. The van der Waals surface area contributed by atoms with Gasteiger partial charge in [-0.2, -0.15) is 0 Å². The molecule has 3 nitrogen and oxygen atoms in total. The molecule has 96 valence electrons. The molecule has 0 bridgehead atoms. The van der Waals surface area contributed by atoms with Crippen molar-refractivity contribution in [3.63, 3.8) is 0 Å². The van der Waals surface area contributed by atoms with Crippen LogP contribution in [-0.2, 0) is 16.1 Å². The standard InChI is InChI=1S/C12H16O2.C2H6O/c13-12-6-11(7-12)9-14-8-10-4-2-1-3-5-10;1-3-2/h1-5,11-13H,6-9H2;1-2H3/t11-,12+;. The van der Waals surface area contributed by atoms with Crippen molar-refractivity contribution in [2.45, 2.75) is 25.6 Å². The molecule has 1 fully saturated rings. The van der Waals surface area contributed by atoms with Crippen LogP contribution in [0.4, 0.5) is 0 Å². The highest BCUT2D eigenvalue weighted by molar-refractivity contribution is 5.13. The Hall–Kier alpha value is -0.900. The summed E-state index contributed by atoms with van der Waals surface area (Å²) in [6.45, 7) is 1.47. The van der Waals surface area contributed by atoms with E-state index in [1.54, 1.807) is 14.2 Å². The zero-order chi connectivity index (χ0) is 12.5. The van der Waals surface area contributed by atoms with E-state index < -0.39 is 0 Å². The van der Waals surface area contributed by atoms with Gasteiger partial charge in [0.2, 0.25) is 0 Å². The molecule has 0 radical (unpaired) electrons. The SMILES string of the molecule is COC.O[C@H]1C[C@@H](COCc2ccccc2)C1. The molecular formula is C14H22O3. The highest BCUT2D eigenvalue weighted by Crippen LogP contribution is 2.27. The van der Waals surface area contributed by atoms with Gasteiger partial charge in [0.1, 0.15) is 0 Å². The van der Waals surface area contributed by atoms with Gasteiger partial charge in [-0.3, -0.25) is 0 Å². The van der Waals surface area contributed by atoms with E-state index in [1.165, 1.54) is 5.56 Å². The Morgan fingerprint density at radius 3 is 2.29 bits per heavy atom. The minimum Gasteiger partial charge on any atom is -0.393 e. The van der Waals surface area contributed by atoms with Crippen molar-refractivity contribution in [3.8, 4) is 0 Å². The van der Waals surface area contributed by atoms with Crippen LogP contribution in [0.5, 0.6) is 0 Å². The third kappa shape index (κ3) is 5.82. The first-order valence-electron chi connectivity index (χ1n) is 5.96. The first-order chi connectivity index (χ1) is 8.26. The molecule has 0 saturated heterocycles. The summed E-state index contributed by atoms with van der Waals surface area (Å²) in [5, 5.41) is 9.08. The first kappa shape index (κ1) is 14.2. The monoisotopic (exact) mass is 238 g/mol. The topological polar surface area (TPSA) is 38.7 Å². The Labute approximate surface area is 103 Å². The maximum atomic E-state index is 9.08. The fourth-order valence-corrected chi connectivity index (χ4v) is 1.75. The highest BCUT2D eigenvalue weighted by atomic mass is 16.5. The number of aliphatic hydroxyl groups is 1. The summed E-state index contributed by atoms with van der Waals surface area (Å²) in [5.41, 5.74) is 1.22. The lowest BCUT2D eigenvalue weighted by Crippen LogP contribution is -2.31.